The molecule has 30 heavy (non-hydrogen) atoms. The van der Waals surface area contributed by atoms with Gasteiger partial charge in [0.25, 0.3) is 0 Å². The van der Waals surface area contributed by atoms with Crippen LogP contribution in [0.3, 0.4) is 0 Å². The number of rotatable bonds is 5. The molecule has 0 amide bonds. The summed E-state index contributed by atoms with van der Waals surface area (Å²) < 4.78 is 48.6. The van der Waals surface area contributed by atoms with Gasteiger partial charge in [0.15, 0.2) is 11.6 Å². The summed E-state index contributed by atoms with van der Waals surface area (Å²) in [5.41, 5.74) is 2.28. The average molecular weight is 406 g/mol. The van der Waals surface area contributed by atoms with E-state index in [1.807, 2.05) is 24.3 Å². The van der Waals surface area contributed by atoms with Crippen molar-refractivity contribution in [3.8, 4) is 28.0 Å². The lowest BCUT2D eigenvalue weighted by atomic mass is 9.96. The second-order valence-electron chi connectivity index (χ2n) is 7.31. The van der Waals surface area contributed by atoms with E-state index in [9.17, 15) is 13.2 Å². The Morgan fingerprint density at radius 3 is 1.97 bits per heavy atom. The lowest BCUT2D eigenvalue weighted by Gasteiger charge is -2.11. The van der Waals surface area contributed by atoms with E-state index in [-0.39, 0.29) is 16.9 Å². The van der Waals surface area contributed by atoms with Crippen LogP contribution in [0.2, 0.25) is 0 Å². The molecule has 0 bridgehead atoms. The normalized spacial score (nSPS) is 11.1. The van der Waals surface area contributed by atoms with Gasteiger partial charge in [0.05, 0.1) is 12.7 Å². The Hall–Kier alpha value is -3.27. The number of hydrogen-bond acceptors (Lipinski definition) is 1. The molecule has 1 nitrogen and oxygen atoms in total. The maximum atomic E-state index is 14.9. The number of halogens is 3. The highest BCUT2D eigenvalue weighted by Gasteiger charge is 2.16. The van der Waals surface area contributed by atoms with E-state index in [0.29, 0.717) is 5.56 Å². The van der Waals surface area contributed by atoms with Crippen molar-refractivity contribution in [3.63, 3.8) is 0 Å². The fourth-order valence-electron chi connectivity index (χ4n) is 3.76. The Morgan fingerprint density at radius 2 is 1.30 bits per heavy atom. The third-order valence-electron chi connectivity index (χ3n) is 5.26. The van der Waals surface area contributed by atoms with E-state index in [1.54, 1.807) is 0 Å². The smallest absolute Gasteiger partial charge is 0.165 e. The molecule has 0 spiro atoms. The Kier molecular flexibility index (Phi) is 5.49. The first kappa shape index (κ1) is 20.0. The molecule has 0 heterocycles. The van der Waals surface area contributed by atoms with Crippen LogP contribution < -0.4 is 4.74 Å². The predicted octanol–water partition coefficient (Wildman–Crippen LogP) is 7.55. The van der Waals surface area contributed by atoms with Crippen LogP contribution in [0.5, 0.6) is 5.75 Å². The third kappa shape index (κ3) is 3.78. The standard InChI is InChI=1S/C26H21F3O/c1-3-4-16-5-6-18-12-19(8-7-17(18)11-16)21-14-23(28)26(24(29)15-21)20-9-10-25(30-2)22(27)13-20/h5-15H,3-4H2,1-2H3. The highest BCUT2D eigenvalue weighted by molar-refractivity contribution is 5.88. The maximum Gasteiger partial charge on any atom is 0.165 e. The quantitative estimate of drug-likeness (QED) is 0.332. The Labute approximate surface area is 173 Å². The molecule has 0 aliphatic carbocycles. The number of fused-ring (bicyclic) bond motifs is 1. The van der Waals surface area contributed by atoms with Crippen molar-refractivity contribution in [2.75, 3.05) is 7.11 Å². The van der Waals surface area contributed by atoms with Gasteiger partial charge in [-0.1, -0.05) is 49.7 Å². The zero-order valence-electron chi connectivity index (χ0n) is 16.8. The van der Waals surface area contributed by atoms with Gasteiger partial charge in [-0.3, -0.25) is 0 Å². The number of hydrogen-bond donors (Lipinski definition) is 0. The van der Waals surface area contributed by atoms with Crippen molar-refractivity contribution in [1.82, 2.24) is 0 Å². The molecule has 0 saturated carbocycles. The number of ether oxygens (including phenoxy) is 1. The zero-order chi connectivity index (χ0) is 21.3. The molecule has 0 N–H and O–H groups in total. The van der Waals surface area contributed by atoms with Gasteiger partial charge in [-0.25, -0.2) is 13.2 Å². The minimum atomic E-state index is -0.743. The number of benzene rings is 4. The lowest BCUT2D eigenvalue weighted by Crippen LogP contribution is -1.94. The average Bonchev–Trinajstić information content (AvgIpc) is 2.73. The molecule has 4 rings (SSSR count). The van der Waals surface area contributed by atoms with Crippen LogP contribution in [0, 0.1) is 17.5 Å². The van der Waals surface area contributed by atoms with Crippen LogP contribution >= 0.6 is 0 Å². The molecule has 4 aromatic carbocycles. The van der Waals surface area contributed by atoms with Gasteiger partial charge in [0, 0.05) is 0 Å². The molecule has 0 saturated heterocycles. The molecule has 0 aliphatic heterocycles. The summed E-state index contributed by atoms with van der Waals surface area (Å²) in [7, 11) is 1.34. The minimum Gasteiger partial charge on any atom is -0.494 e. The summed E-state index contributed by atoms with van der Waals surface area (Å²) in [6.45, 7) is 2.14. The van der Waals surface area contributed by atoms with Gasteiger partial charge in [-0.05, 0) is 69.8 Å². The molecule has 0 unspecified atom stereocenters. The second kappa shape index (κ2) is 8.23. The molecule has 152 valence electrons. The monoisotopic (exact) mass is 406 g/mol. The Morgan fingerprint density at radius 1 is 0.667 bits per heavy atom. The first-order chi connectivity index (χ1) is 14.5. The van der Waals surface area contributed by atoms with E-state index in [1.165, 1.54) is 36.9 Å². The van der Waals surface area contributed by atoms with Crippen LogP contribution in [0.4, 0.5) is 13.2 Å². The van der Waals surface area contributed by atoms with Crippen molar-refractivity contribution in [2.45, 2.75) is 19.8 Å². The minimum absolute atomic E-state index is 0.0226. The Balaban J connectivity index is 1.74. The third-order valence-corrected chi connectivity index (χ3v) is 5.26. The molecule has 0 aliphatic rings. The highest BCUT2D eigenvalue weighted by Crippen LogP contribution is 2.34. The summed E-state index contributed by atoms with van der Waals surface area (Å²) in [5.74, 6) is -2.13. The fourth-order valence-corrected chi connectivity index (χ4v) is 3.76. The summed E-state index contributed by atoms with van der Waals surface area (Å²) in [6.07, 6.45) is 2.09. The van der Waals surface area contributed by atoms with Gasteiger partial charge in [0.2, 0.25) is 0 Å². The molecular weight excluding hydrogens is 385 g/mol. The number of aryl methyl sites for hydroxylation is 1. The largest absolute Gasteiger partial charge is 0.494 e. The predicted molar refractivity (Wildman–Crippen MR) is 115 cm³/mol. The van der Waals surface area contributed by atoms with E-state index in [4.69, 9.17) is 4.74 Å². The van der Waals surface area contributed by atoms with Crippen molar-refractivity contribution < 1.29 is 17.9 Å². The van der Waals surface area contributed by atoms with Gasteiger partial charge >= 0.3 is 0 Å². The van der Waals surface area contributed by atoms with E-state index in [0.717, 1.165) is 35.2 Å². The SMILES string of the molecule is CCCc1ccc2cc(-c3cc(F)c(-c4ccc(OC)c(F)c4)c(F)c3)ccc2c1. The van der Waals surface area contributed by atoms with Crippen LogP contribution in [0.1, 0.15) is 18.9 Å². The molecule has 4 aromatic rings. The van der Waals surface area contributed by atoms with Crippen LogP contribution in [0.15, 0.2) is 66.7 Å². The number of methoxy groups -OCH3 is 1. The molecule has 0 fully saturated rings. The van der Waals surface area contributed by atoms with E-state index in [2.05, 4.69) is 19.1 Å². The maximum absolute atomic E-state index is 14.9. The fraction of sp³-hybridized carbons (Fsp3) is 0.154. The highest BCUT2D eigenvalue weighted by atomic mass is 19.1. The lowest BCUT2D eigenvalue weighted by molar-refractivity contribution is 0.386. The summed E-state index contributed by atoms with van der Waals surface area (Å²) in [5, 5.41) is 2.10. The summed E-state index contributed by atoms with van der Waals surface area (Å²) in [6, 6.07) is 18.4. The first-order valence-electron chi connectivity index (χ1n) is 9.86. The summed E-state index contributed by atoms with van der Waals surface area (Å²) >= 11 is 0. The van der Waals surface area contributed by atoms with Crippen molar-refractivity contribution in [2.24, 2.45) is 0 Å². The first-order valence-corrected chi connectivity index (χ1v) is 9.86. The topological polar surface area (TPSA) is 9.23 Å². The van der Waals surface area contributed by atoms with E-state index < -0.39 is 17.5 Å². The van der Waals surface area contributed by atoms with Crippen molar-refractivity contribution in [3.05, 3.63) is 89.7 Å². The second-order valence-corrected chi connectivity index (χ2v) is 7.31. The van der Waals surface area contributed by atoms with Gasteiger partial charge in [-0.15, -0.1) is 0 Å². The molecule has 0 radical (unpaired) electrons. The van der Waals surface area contributed by atoms with Crippen LogP contribution in [-0.2, 0) is 6.42 Å². The molecule has 0 aromatic heterocycles. The zero-order valence-corrected chi connectivity index (χ0v) is 16.8. The van der Waals surface area contributed by atoms with E-state index >= 15 is 0 Å². The van der Waals surface area contributed by atoms with Crippen LogP contribution in [-0.4, -0.2) is 7.11 Å². The van der Waals surface area contributed by atoms with Crippen molar-refractivity contribution in [1.29, 1.82) is 0 Å². The van der Waals surface area contributed by atoms with Crippen LogP contribution in [0.25, 0.3) is 33.0 Å². The Bertz CT molecular complexity index is 1210. The van der Waals surface area contributed by atoms with Gasteiger partial charge in [0.1, 0.15) is 11.6 Å². The molecule has 0 atom stereocenters. The molecule has 4 heteroatoms. The molecular formula is C26H21F3O. The van der Waals surface area contributed by atoms with Gasteiger partial charge in [-0.2, -0.15) is 0 Å². The van der Waals surface area contributed by atoms with Crippen molar-refractivity contribution >= 4 is 10.8 Å². The summed E-state index contributed by atoms with van der Waals surface area (Å²) in [4.78, 5) is 0. The van der Waals surface area contributed by atoms with Gasteiger partial charge < -0.3 is 4.74 Å².